The molecule has 2 rings (SSSR count). The van der Waals surface area contributed by atoms with Gasteiger partial charge in [0.25, 0.3) is 0 Å². The van der Waals surface area contributed by atoms with E-state index in [4.69, 9.17) is 4.74 Å². The van der Waals surface area contributed by atoms with Gasteiger partial charge in [-0.3, -0.25) is 4.90 Å². The van der Waals surface area contributed by atoms with E-state index in [1.807, 2.05) is 0 Å². The first-order valence-corrected chi connectivity index (χ1v) is 7.87. The van der Waals surface area contributed by atoms with Gasteiger partial charge in [0.1, 0.15) is 0 Å². The number of nitrogens with zero attached hydrogens (tertiary/aromatic N) is 2. The minimum atomic E-state index is 0.191. The molecule has 0 N–H and O–H groups in total. The lowest BCUT2D eigenvalue weighted by molar-refractivity contribution is -0.135. The van der Waals surface area contributed by atoms with Crippen LogP contribution in [-0.2, 0) is 4.74 Å². The Labute approximate surface area is 112 Å². The second kappa shape index (κ2) is 6.88. The van der Waals surface area contributed by atoms with Crippen molar-refractivity contribution in [3.05, 3.63) is 0 Å². The van der Waals surface area contributed by atoms with Gasteiger partial charge in [-0.15, -0.1) is 0 Å². The Morgan fingerprint density at radius 2 is 1.78 bits per heavy atom. The fourth-order valence-electron chi connectivity index (χ4n) is 3.28. The van der Waals surface area contributed by atoms with Crippen molar-refractivity contribution in [3.8, 4) is 0 Å². The van der Waals surface area contributed by atoms with E-state index in [2.05, 4.69) is 23.6 Å². The van der Waals surface area contributed by atoms with E-state index in [0.717, 1.165) is 13.2 Å². The molecule has 3 nitrogen and oxygen atoms in total. The number of rotatable bonds is 5. The molecule has 0 aromatic heterocycles. The fourth-order valence-corrected chi connectivity index (χ4v) is 3.28. The van der Waals surface area contributed by atoms with Gasteiger partial charge < -0.3 is 9.64 Å². The average Bonchev–Trinajstić information content (AvgIpc) is 2.40. The van der Waals surface area contributed by atoms with Gasteiger partial charge in [0.05, 0.1) is 12.2 Å². The summed E-state index contributed by atoms with van der Waals surface area (Å²) in [6.45, 7) is 12.7. The topological polar surface area (TPSA) is 15.7 Å². The summed E-state index contributed by atoms with van der Waals surface area (Å²) in [7, 11) is 0. The minimum Gasteiger partial charge on any atom is -0.372 e. The molecule has 2 fully saturated rings. The maximum absolute atomic E-state index is 6.17. The third-order valence-electron chi connectivity index (χ3n) is 4.62. The Morgan fingerprint density at radius 1 is 1.00 bits per heavy atom. The fraction of sp³-hybridized carbons (Fsp3) is 1.00. The van der Waals surface area contributed by atoms with Crippen LogP contribution >= 0.6 is 0 Å². The number of unbranched alkanes of at least 4 members (excludes halogenated alkanes) is 2. The van der Waals surface area contributed by atoms with Crippen LogP contribution in [0, 0.1) is 0 Å². The Morgan fingerprint density at radius 3 is 2.44 bits per heavy atom. The molecule has 0 bridgehead atoms. The van der Waals surface area contributed by atoms with Crippen LogP contribution in [0.5, 0.6) is 0 Å². The number of hydrogen-bond donors (Lipinski definition) is 0. The molecule has 2 aliphatic heterocycles. The van der Waals surface area contributed by atoms with Crippen molar-refractivity contribution >= 4 is 0 Å². The first kappa shape index (κ1) is 14.3. The molecule has 2 saturated heterocycles. The standard InChI is InChI=1S/C15H30N2O/c1-3-5-6-9-17-12-13-18-15(14-17)7-10-16(4-2)11-8-15/h3-14H2,1-2H3. The molecule has 0 aromatic rings. The van der Waals surface area contributed by atoms with Gasteiger partial charge in [-0.05, 0) is 32.4 Å². The van der Waals surface area contributed by atoms with Crippen LogP contribution in [0.1, 0.15) is 46.0 Å². The first-order valence-electron chi connectivity index (χ1n) is 7.87. The van der Waals surface area contributed by atoms with Crippen molar-refractivity contribution in [1.29, 1.82) is 0 Å². The first-order chi connectivity index (χ1) is 8.78. The summed E-state index contributed by atoms with van der Waals surface area (Å²) in [4.78, 5) is 5.19. The zero-order valence-electron chi connectivity index (χ0n) is 12.3. The molecule has 0 aliphatic carbocycles. The zero-order valence-corrected chi connectivity index (χ0v) is 12.3. The summed E-state index contributed by atoms with van der Waals surface area (Å²) >= 11 is 0. The maximum Gasteiger partial charge on any atom is 0.0833 e. The largest absolute Gasteiger partial charge is 0.372 e. The summed E-state index contributed by atoms with van der Waals surface area (Å²) in [6, 6.07) is 0. The molecule has 0 atom stereocenters. The van der Waals surface area contributed by atoms with Crippen molar-refractivity contribution < 1.29 is 4.74 Å². The molecule has 3 heteroatoms. The van der Waals surface area contributed by atoms with Gasteiger partial charge in [-0.1, -0.05) is 26.7 Å². The van der Waals surface area contributed by atoms with Crippen molar-refractivity contribution in [3.63, 3.8) is 0 Å². The highest BCUT2D eigenvalue weighted by molar-refractivity contribution is 4.92. The molecule has 2 aliphatic rings. The third-order valence-corrected chi connectivity index (χ3v) is 4.62. The van der Waals surface area contributed by atoms with Crippen LogP contribution in [0.15, 0.2) is 0 Å². The molecular formula is C15H30N2O. The number of piperidine rings is 1. The predicted molar refractivity (Wildman–Crippen MR) is 76.0 cm³/mol. The lowest BCUT2D eigenvalue weighted by Gasteiger charge is -2.47. The Hall–Kier alpha value is -0.120. The molecule has 2 heterocycles. The van der Waals surface area contributed by atoms with E-state index in [-0.39, 0.29) is 5.60 Å². The van der Waals surface area contributed by atoms with E-state index in [0.29, 0.717) is 0 Å². The summed E-state index contributed by atoms with van der Waals surface area (Å²) in [6.07, 6.45) is 6.50. The van der Waals surface area contributed by atoms with Crippen LogP contribution in [0.25, 0.3) is 0 Å². The molecule has 1 spiro atoms. The van der Waals surface area contributed by atoms with E-state index < -0.39 is 0 Å². The average molecular weight is 254 g/mol. The SMILES string of the molecule is CCCCCN1CCOC2(CCN(CC)CC2)C1. The Kier molecular flexibility index (Phi) is 5.46. The Bertz CT molecular complexity index is 237. The van der Waals surface area contributed by atoms with Crippen LogP contribution < -0.4 is 0 Å². The van der Waals surface area contributed by atoms with Gasteiger partial charge >= 0.3 is 0 Å². The summed E-state index contributed by atoms with van der Waals surface area (Å²) in [5.74, 6) is 0. The molecule has 106 valence electrons. The van der Waals surface area contributed by atoms with E-state index in [1.165, 1.54) is 64.8 Å². The second-order valence-corrected chi connectivity index (χ2v) is 5.95. The van der Waals surface area contributed by atoms with Crippen molar-refractivity contribution in [2.24, 2.45) is 0 Å². The lowest BCUT2D eigenvalue weighted by Crippen LogP contribution is -2.56. The molecule has 18 heavy (non-hydrogen) atoms. The summed E-state index contributed by atoms with van der Waals surface area (Å²) in [5, 5.41) is 0. The highest BCUT2D eigenvalue weighted by Crippen LogP contribution is 2.30. The highest BCUT2D eigenvalue weighted by atomic mass is 16.5. The highest BCUT2D eigenvalue weighted by Gasteiger charge is 2.38. The molecule has 0 radical (unpaired) electrons. The molecule has 0 saturated carbocycles. The molecule has 0 amide bonds. The summed E-state index contributed by atoms with van der Waals surface area (Å²) in [5.41, 5.74) is 0.191. The van der Waals surface area contributed by atoms with Gasteiger partial charge in [0.15, 0.2) is 0 Å². The second-order valence-electron chi connectivity index (χ2n) is 5.95. The van der Waals surface area contributed by atoms with Crippen LogP contribution in [0.2, 0.25) is 0 Å². The minimum absolute atomic E-state index is 0.191. The molecule has 0 aromatic carbocycles. The van der Waals surface area contributed by atoms with Gasteiger partial charge in [-0.25, -0.2) is 0 Å². The smallest absolute Gasteiger partial charge is 0.0833 e. The Balaban J connectivity index is 1.79. The predicted octanol–water partition coefficient (Wildman–Crippen LogP) is 2.36. The number of likely N-dealkylation sites (tertiary alicyclic amines) is 1. The van der Waals surface area contributed by atoms with Crippen LogP contribution in [0.3, 0.4) is 0 Å². The van der Waals surface area contributed by atoms with Crippen molar-refractivity contribution in [2.45, 2.75) is 51.6 Å². The van der Waals surface area contributed by atoms with Gasteiger partial charge in [0, 0.05) is 26.2 Å². The quantitative estimate of drug-likeness (QED) is 0.701. The van der Waals surface area contributed by atoms with E-state index in [1.54, 1.807) is 0 Å². The number of morpholine rings is 1. The van der Waals surface area contributed by atoms with Gasteiger partial charge in [-0.2, -0.15) is 0 Å². The maximum atomic E-state index is 6.17. The number of ether oxygens (including phenoxy) is 1. The van der Waals surface area contributed by atoms with Crippen LogP contribution in [-0.4, -0.2) is 61.3 Å². The third kappa shape index (κ3) is 3.69. The normalized spacial score (nSPS) is 25.7. The number of hydrogen-bond acceptors (Lipinski definition) is 3. The summed E-state index contributed by atoms with van der Waals surface area (Å²) < 4.78 is 6.17. The van der Waals surface area contributed by atoms with Gasteiger partial charge in [0.2, 0.25) is 0 Å². The van der Waals surface area contributed by atoms with Crippen molar-refractivity contribution in [1.82, 2.24) is 9.80 Å². The van der Waals surface area contributed by atoms with E-state index >= 15 is 0 Å². The van der Waals surface area contributed by atoms with E-state index in [9.17, 15) is 0 Å². The monoisotopic (exact) mass is 254 g/mol. The van der Waals surface area contributed by atoms with Crippen molar-refractivity contribution in [2.75, 3.05) is 45.9 Å². The van der Waals surface area contributed by atoms with Crippen LogP contribution in [0.4, 0.5) is 0 Å². The zero-order chi connectivity index (χ0) is 12.8. The molecular weight excluding hydrogens is 224 g/mol. The lowest BCUT2D eigenvalue weighted by atomic mass is 9.89. The molecule has 0 unspecified atom stereocenters.